The Hall–Kier alpha value is -2.63. The maximum absolute atomic E-state index is 10.5. The smallest absolute Gasteiger partial charge is 0.287 e. The molecule has 0 saturated heterocycles. The number of nitrogens with two attached hydrogens (primary N) is 1. The first-order valence-electron chi connectivity index (χ1n) is 5.34. The van der Waals surface area contributed by atoms with Crippen LogP contribution in [0.4, 0.5) is 17.2 Å². The highest BCUT2D eigenvalue weighted by molar-refractivity contribution is 5.43. The number of rotatable bonds is 4. The van der Waals surface area contributed by atoms with Crippen molar-refractivity contribution >= 4 is 17.2 Å². The number of benzene rings is 1. The van der Waals surface area contributed by atoms with Crippen molar-refractivity contribution in [1.82, 2.24) is 4.98 Å². The summed E-state index contributed by atoms with van der Waals surface area (Å²) < 4.78 is 0. The van der Waals surface area contributed by atoms with E-state index in [9.17, 15) is 10.1 Å². The van der Waals surface area contributed by atoms with Gasteiger partial charge in [0.2, 0.25) is 0 Å². The van der Waals surface area contributed by atoms with E-state index in [4.69, 9.17) is 5.73 Å². The van der Waals surface area contributed by atoms with Crippen LogP contribution in [0.5, 0.6) is 0 Å². The molecule has 18 heavy (non-hydrogen) atoms. The SMILES string of the molecule is Nc1ccc(CNc2ccc([N+](=O)[O-])cn2)cc1. The maximum Gasteiger partial charge on any atom is 0.287 e. The van der Waals surface area contributed by atoms with Gasteiger partial charge in [0.15, 0.2) is 0 Å². The molecule has 6 heteroatoms. The van der Waals surface area contributed by atoms with Crippen LogP contribution in [0.2, 0.25) is 0 Å². The largest absolute Gasteiger partial charge is 0.399 e. The average Bonchev–Trinajstić information content (AvgIpc) is 2.38. The predicted molar refractivity (Wildman–Crippen MR) is 69.1 cm³/mol. The molecular formula is C12H12N4O2. The molecule has 0 fully saturated rings. The summed E-state index contributed by atoms with van der Waals surface area (Å²) in [5.74, 6) is 0.595. The molecule has 0 aliphatic carbocycles. The molecule has 2 aromatic rings. The number of pyridine rings is 1. The van der Waals surface area contributed by atoms with Gasteiger partial charge in [-0.05, 0) is 23.8 Å². The first-order valence-corrected chi connectivity index (χ1v) is 5.34. The lowest BCUT2D eigenvalue weighted by atomic mass is 10.2. The summed E-state index contributed by atoms with van der Waals surface area (Å²) in [5.41, 5.74) is 7.34. The van der Waals surface area contributed by atoms with Gasteiger partial charge in [-0.1, -0.05) is 12.1 Å². The highest BCUT2D eigenvalue weighted by Crippen LogP contribution is 2.13. The Bertz CT molecular complexity index is 537. The number of hydrogen-bond donors (Lipinski definition) is 2. The fourth-order valence-electron chi connectivity index (χ4n) is 1.43. The van der Waals surface area contributed by atoms with Crippen LogP contribution in [-0.4, -0.2) is 9.91 Å². The first-order chi connectivity index (χ1) is 8.65. The van der Waals surface area contributed by atoms with Gasteiger partial charge in [0, 0.05) is 18.3 Å². The van der Waals surface area contributed by atoms with Crippen LogP contribution in [0.3, 0.4) is 0 Å². The van der Waals surface area contributed by atoms with Gasteiger partial charge in [0.1, 0.15) is 12.0 Å². The minimum Gasteiger partial charge on any atom is -0.399 e. The van der Waals surface area contributed by atoms with E-state index in [1.165, 1.54) is 12.3 Å². The van der Waals surface area contributed by atoms with Gasteiger partial charge in [-0.3, -0.25) is 10.1 Å². The fraction of sp³-hybridized carbons (Fsp3) is 0.0833. The summed E-state index contributed by atoms with van der Waals surface area (Å²) in [6.45, 7) is 0.588. The van der Waals surface area contributed by atoms with E-state index in [2.05, 4.69) is 10.3 Å². The topological polar surface area (TPSA) is 94.1 Å². The monoisotopic (exact) mass is 244 g/mol. The standard InChI is InChI=1S/C12H12N4O2/c13-10-3-1-9(2-4-10)7-14-12-6-5-11(8-15-12)16(17)18/h1-6,8H,7,13H2,(H,14,15). The van der Waals surface area contributed by atoms with Crippen LogP contribution in [0, 0.1) is 10.1 Å². The Morgan fingerprint density at radius 2 is 1.94 bits per heavy atom. The van der Waals surface area contributed by atoms with E-state index in [1.807, 2.05) is 24.3 Å². The minimum absolute atomic E-state index is 0.0203. The molecule has 3 N–H and O–H groups in total. The lowest BCUT2D eigenvalue weighted by Crippen LogP contribution is -2.01. The first kappa shape index (κ1) is 11.8. The van der Waals surface area contributed by atoms with Crippen LogP contribution in [0.25, 0.3) is 0 Å². The minimum atomic E-state index is -0.475. The quantitative estimate of drug-likeness (QED) is 0.488. The molecule has 6 nitrogen and oxygen atoms in total. The van der Waals surface area contributed by atoms with Gasteiger partial charge < -0.3 is 11.1 Å². The van der Waals surface area contributed by atoms with Crippen LogP contribution in [-0.2, 0) is 6.54 Å². The number of nitrogens with zero attached hydrogens (tertiary/aromatic N) is 2. The second-order valence-electron chi connectivity index (χ2n) is 3.75. The lowest BCUT2D eigenvalue weighted by Gasteiger charge is -2.05. The molecule has 0 bridgehead atoms. The molecule has 0 unspecified atom stereocenters. The molecule has 0 saturated carbocycles. The maximum atomic E-state index is 10.5. The van der Waals surface area contributed by atoms with Crippen molar-refractivity contribution in [2.24, 2.45) is 0 Å². The van der Waals surface area contributed by atoms with Crippen molar-refractivity contribution < 1.29 is 4.92 Å². The number of nitrogens with one attached hydrogen (secondary N) is 1. The third kappa shape index (κ3) is 2.94. The number of aromatic nitrogens is 1. The zero-order valence-electron chi connectivity index (χ0n) is 9.54. The summed E-state index contributed by atoms with van der Waals surface area (Å²) >= 11 is 0. The highest BCUT2D eigenvalue weighted by Gasteiger charge is 2.04. The Morgan fingerprint density at radius 1 is 1.22 bits per heavy atom. The summed E-state index contributed by atoms with van der Waals surface area (Å²) in [5, 5.41) is 13.5. The van der Waals surface area contributed by atoms with Crippen LogP contribution >= 0.6 is 0 Å². The van der Waals surface area contributed by atoms with Crippen LogP contribution < -0.4 is 11.1 Å². The van der Waals surface area contributed by atoms with Crippen LogP contribution in [0.15, 0.2) is 42.6 Å². The number of anilines is 2. The van der Waals surface area contributed by atoms with Crippen molar-refractivity contribution in [1.29, 1.82) is 0 Å². The van der Waals surface area contributed by atoms with Crippen molar-refractivity contribution in [3.8, 4) is 0 Å². The molecule has 0 atom stereocenters. The predicted octanol–water partition coefficient (Wildman–Crippen LogP) is 2.18. The molecule has 0 aliphatic rings. The molecule has 0 amide bonds. The number of nitrogen functional groups attached to an aromatic ring is 1. The molecule has 1 heterocycles. The molecule has 0 spiro atoms. The highest BCUT2D eigenvalue weighted by atomic mass is 16.6. The third-order valence-electron chi connectivity index (χ3n) is 2.41. The molecular weight excluding hydrogens is 232 g/mol. The normalized spacial score (nSPS) is 10.0. The molecule has 1 aromatic heterocycles. The van der Waals surface area contributed by atoms with Gasteiger partial charge in [-0.2, -0.15) is 0 Å². The van der Waals surface area contributed by atoms with E-state index in [0.717, 1.165) is 5.56 Å². The summed E-state index contributed by atoms with van der Waals surface area (Å²) in [6, 6.07) is 10.5. The van der Waals surface area contributed by atoms with Crippen LogP contribution in [0.1, 0.15) is 5.56 Å². The van der Waals surface area contributed by atoms with E-state index in [1.54, 1.807) is 6.07 Å². The number of nitro groups is 1. The van der Waals surface area contributed by atoms with E-state index >= 15 is 0 Å². The third-order valence-corrected chi connectivity index (χ3v) is 2.41. The average molecular weight is 244 g/mol. The summed E-state index contributed by atoms with van der Waals surface area (Å²) in [6.07, 6.45) is 1.23. The summed E-state index contributed by atoms with van der Waals surface area (Å²) in [4.78, 5) is 13.9. The van der Waals surface area contributed by atoms with Gasteiger partial charge in [0.25, 0.3) is 5.69 Å². The molecule has 0 radical (unpaired) electrons. The Morgan fingerprint density at radius 3 is 2.50 bits per heavy atom. The fourth-order valence-corrected chi connectivity index (χ4v) is 1.43. The molecule has 0 aliphatic heterocycles. The lowest BCUT2D eigenvalue weighted by molar-refractivity contribution is -0.385. The second-order valence-corrected chi connectivity index (χ2v) is 3.75. The second kappa shape index (κ2) is 5.13. The van der Waals surface area contributed by atoms with Gasteiger partial charge >= 0.3 is 0 Å². The zero-order valence-corrected chi connectivity index (χ0v) is 9.54. The molecule has 1 aromatic carbocycles. The summed E-state index contributed by atoms with van der Waals surface area (Å²) in [7, 11) is 0. The van der Waals surface area contributed by atoms with Gasteiger partial charge in [-0.25, -0.2) is 4.98 Å². The van der Waals surface area contributed by atoms with Crippen molar-refractivity contribution in [3.63, 3.8) is 0 Å². The Kier molecular flexibility index (Phi) is 3.38. The van der Waals surface area contributed by atoms with E-state index in [0.29, 0.717) is 18.1 Å². The van der Waals surface area contributed by atoms with Gasteiger partial charge in [-0.15, -0.1) is 0 Å². The molecule has 2 rings (SSSR count). The zero-order chi connectivity index (χ0) is 13.0. The van der Waals surface area contributed by atoms with Crippen molar-refractivity contribution in [2.45, 2.75) is 6.54 Å². The van der Waals surface area contributed by atoms with Crippen molar-refractivity contribution in [3.05, 3.63) is 58.3 Å². The van der Waals surface area contributed by atoms with Gasteiger partial charge in [0.05, 0.1) is 4.92 Å². The van der Waals surface area contributed by atoms with E-state index < -0.39 is 4.92 Å². The van der Waals surface area contributed by atoms with Crippen molar-refractivity contribution in [2.75, 3.05) is 11.1 Å². The molecule has 92 valence electrons. The number of hydrogen-bond acceptors (Lipinski definition) is 5. The van der Waals surface area contributed by atoms with E-state index in [-0.39, 0.29) is 5.69 Å². The Balaban J connectivity index is 1.97. The Labute approximate surface area is 104 Å².